The van der Waals surface area contributed by atoms with E-state index in [1.54, 1.807) is 0 Å². The van der Waals surface area contributed by atoms with Crippen molar-refractivity contribution in [2.24, 2.45) is 4.99 Å². The van der Waals surface area contributed by atoms with Gasteiger partial charge in [-0.3, -0.25) is 10.00 Å². The fourth-order valence-electron chi connectivity index (χ4n) is 4.70. The molecule has 26 heavy (non-hydrogen) atoms. The van der Waals surface area contributed by atoms with E-state index in [-0.39, 0.29) is 12.3 Å². The number of ether oxygens (including phenoxy) is 1. The van der Waals surface area contributed by atoms with Gasteiger partial charge in [-0.05, 0) is 45.7 Å². The molecule has 2 fully saturated rings. The lowest BCUT2D eigenvalue weighted by Crippen LogP contribution is -2.45. The molecule has 2 aromatic rings. The highest BCUT2D eigenvalue weighted by Crippen LogP contribution is 2.51. The van der Waals surface area contributed by atoms with Crippen molar-refractivity contribution in [3.05, 3.63) is 23.2 Å². The number of H-pyrrole nitrogens is 1. The number of furan rings is 1. The number of hydrogen-bond acceptors (Lipinski definition) is 6. The van der Waals surface area contributed by atoms with Crippen molar-refractivity contribution in [1.82, 2.24) is 15.1 Å². The van der Waals surface area contributed by atoms with Crippen LogP contribution in [-0.2, 0) is 17.6 Å². The molecule has 7 nitrogen and oxygen atoms in total. The molecule has 3 aliphatic heterocycles. The van der Waals surface area contributed by atoms with Crippen LogP contribution in [0, 0.1) is 0 Å². The maximum Gasteiger partial charge on any atom is 0.184 e. The van der Waals surface area contributed by atoms with E-state index in [4.69, 9.17) is 14.1 Å². The number of amidine groups is 1. The summed E-state index contributed by atoms with van der Waals surface area (Å²) in [6, 6.07) is 0.334. The lowest BCUT2D eigenvalue weighted by atomic mass is 10.0. The largest absolute Gasteiger partial charge is 0.455 e. The van der Waals surface area contributed by atoms with Gasteiger partial charge in [0.2, 0.25) is 0 Å². The highest BCUT2D eigenvalue weighted by molar-refractivity contribution is 6.02. The van der Waals surface area contributed by atoms with Crippen LogP contribution >= 0.6 is 0 Å². The van der Waals surface area contributed by atoms with Crippen LogP contribution in [0.25, 0.3) is 11.3 Å². The lowest BCUT2D eigenvalue weighted by molar-refractivity contribution is 0.234. The van der Waals surface area contributed by atoms with E-state index >= 15 is 0 Å². The Balaban J connectivity index is 1.45. The molecule has 2 unspecified atom stereocenters. The van der Waals surface area contributed by atoms with E-state index in [0.717, 1.165) is 60.8 Å². The molecule has 0 bridgehead atoms. The molecular formula is C19H23N5O2. The average molecular weight is 353 g/mol. The Morgan fingerprint density at radius 3 is 3.12 bits per heavy atom. The molecule has 6 rings (SSSR count). The minimum atomic E-state index is -0.104. The Labute approximate surface area is 151 Å². The molecule has 2 saturated heterocycles. The van der Waals surface area contributed by atoms with Crippen molar-refractivity contribution in [3.8, 4) is 11.3 Å². The summed E-state index contributed by atoms with van der Waals surface area (Å²) in [5.41, 5.74) is 4.61. The van der Waals surface area contributed by atoms with Crippen molar-refractivity contribution in [1.29, 1.82) is 0 Å². The average Bonchev–Trinajstić information content (AvgIpc) is 3.20. The molecule has 0 amide bonds. The summed E-state index contributed by atoms with van der Waals surface area (Å²) >= 11 is 0. The zero-order chi connectivity index (χ0) is 17.3. The summed E-state index contributed by atoms with van der Waals surface area (Å²) in [6.07, 6.45) is 8.47. The van der Waals surface area contributed by atoms with Gasteiger partial charge in [0.1, 0.15) is 11.6 Å². The monoisotopic (exact) mass is 353 g/mol. The molecule has 7 heteroatoms. The Bertz CT molecular complexity index is 898. The number of anilines is 1. The van der Waals surface area contributed by atoms with Crippen LogP contribution in [0.1, 0.15) is 48.8 Å². The quantitative estimate of drug-likeness (QED) is 0.771. The molecule has 5 heterocycles. The molecule has 3 atom stereocenters. The first-order valence-electron chi connectivity index (χ1n) is 9.68. The molecule has 0 aromatic carbocycles. The van der Waals surface area contributed by atoms with Crippen molar-refractivity contribution in [2.45, 2.75) is 56.9 Å². The smallest absolute Gasteiger partial charge is 0.184 e. The van der Waals surface area contributed by atoms with E-state index in [1.165, 1.54) is 24.1 Å². The van der Waals surface area contributed by atoms with Gasteiger partial charge in [0.05, 0.1) is 23.5 Å². The van der Waals surface area contributed by atoms with Crippen LogP contribution < -0.4 is 5.32 Å². The summed E-state index contributed by atoms with van der Waals surface area (Å²) in [7, 11) is 2.19. The number of epoxide rings is 1. The Morgan fingerprint density at radius 1 is 1.23 bits per heavy atom. The number of rotatable bonds is 1. The zero-order valence-electron chi connectivity index (χ0n) is 14.9. The van der Waals surface area contributed by atoms with E-state index in [9.17, 15) is 0 Å². The van der Waals surface area contributed by atoms with Gasteiger partial charge in [0.15, 0.2) is 18.1 Å². The van der Waals surface area contributed by atoms with Gasteiger partial charge < -0.3 is 14.5 Å². The summed E-state index contributed by atoms with van der Waals surface area (Å²) < 4.78 is 12.2. The van der Waals surface area contributed by atoms with Gasteiger partial charge in [-0.25, -0.2) is 4.99 Å². The summed E-state index contributed by atoms with van der Waals surface area (Å²) in [5.74, 6) is 2.90. The minimum Gasteiger partial charge on any atom is -0.455 e. The molecule has 1 aliphatic carbocycles. The molecule has 0 radical (unpaired) electrons. The van der Waals surface area contributed by atoms with Gasteiger partial charge in [0.25, 0.3) is 0 Å². The van der Waals surface area contributed by atoms with Gasteiger partial charge in [-0.2, -0.15) is 5.10 Å². The van der Waals surface area contributed by atoms with Crippen LogP contribution in [-0.4, -0.2) is 46.8 Å². The molecular weight excluding hydrogens is 330 g/mol. The highest BCUT2D eigenvalue weighted by atomic mass is 16.6. The second-order valence-corrected chi connectivity index (χ2v) is 7.84. The van der Waals surface area contributed by atoms with Gasteiger partial charge in [-0.15, -0.1) is 0 Å². The predicted octanol–water partition coefficient (Wildman–Crippen LogP) is 2.86. The molecule has 136 valence electrons. The number of nitrogens with one attached hydrogen (secondary N) is 2. The van der Waals surface area contributed by atoms with Crippen LogP contribution in [0.4, 0.5) is 5.69 Å². The number of aromatic nitrogens is 2. The molecule has 2 N–H and O–H groups in total. The highest BCUT2D eigenvalue weighted by Gasteiger charge is 2.49. The molecule has 2 aromatic heterocycles. The zero-order valence-corrected chi connectivity index (χ0v) is 14.9. The van der Waals surface area contributed by atoms with Crippen molar-refractivity contribution in [3.63, 3.8) is 0 Å². The summed E-state index contributed by atoms with van der Waals surface area (Å²) in [6.45, 7) is 1.12. The van der Waals surface area contributed by atoms with E-state index in [0.29, 0.717) is 6.04 Å². The Hall–Kier alpha value is -2.12. The number of aliphatic imine (C=N–C) groups is 1. The van der Waals surface area contributed by atoms with E-state index in [1.807, 2.05) is 6.20 Å². The minimum absolute atomic E-state index is 0.0498. The van der Waals surface area contributed by atoms with Crippen LogP contribution in [0.15, 0.2) is 15.6 Å². The van der Waals surface area contributed by atoms with Crippen molar-refractivity contribution < 1.29 is 9.15 Å². The first kappa shape index (κ1) is 15.0. The fourth-order valence-corrected chi connectivity index (χ4v) is 4.70. The number of fused-ring (bicyclic) bond motifs is 7. The van der Waals surface area contributed by atoms with Crippen LogP contribution in [0.3, 0.4) is 0 Å². The van der Waals surface area contributed by atoms with Crippen LogP contribution in [0.5, 0.6) is 0 Å². The Kier molecular flexibility index (Phi) is 3.13. The molecule has 4 aliphatic rings. The van der Waals surface area contributed by atoms with Crippen molar-refractivity contribution in [2.75, 3.05) is 18.9 Å². The molecule has 0 saturated carbocycles. The summed E-state index contributed by atoms with van der Waals surface area (Å²) in [5, 5.41) is 11.0. The number of likely N-dealkylation sites (N-methyl/N-ethyl adjacent to an activating group) is 1. The third kappa shape index (κ3) is 2.13. The molecule has 0 spiro atoms. The SMILES string of the molecule is CN1CCCC[C@@H]1C1=NC2OC2c2oc3c(c2N1)CCCc1[nH]ncc1-3. The van der Waals surface area contributed by atoms with E-state index < -0.39 is 0 Å². The number of piperidine rings is 1. The predicted molar refractivity (Wildman–Crippen MR) is 97.3 cm³/mol. The number of hydrogen-bond donors (Lipinski definition) is 2. The maximum absolute atomic E-state index is 6.36. The van der Waals surface area contributed by atoms with Crippen LogP contribution in [0.2, 0.25) is 0 Å². The second-order valence-electron chi connectivity index (χ2n) is 7.84. The number of nitrogens with zero attached hydrogens (tertiary/aromatic N) is 3. The number of aromatic amines is 1. The third-order valence-electron chi connectivity index (χ3n) is 6.18. The van der Waals surface area contributed by atoms with Gasteiger partial charge in [-0.1, -0.05) is 6.42 Å². The summed E-state index contributed by atoms with van der Waals surface area (Å²) in [4.78, 5) is 7.29. The first-order chi connectivity index (χ1) is 12.8. The van der Waals surface area contributed by atoms with Gasteiger partial charge >= 0.3 is 0 Å². The number of aryl methyl sites for hydroxylation is 1. The second kappa shape index (κ2) is 5.44. The lowest BCUT2D eigenvalue weighted by Gasteiger charge is -2.33. The van der Waals surface area contributed by atoms with Crippen molar-refractivity contribution >= 4 is 11.5 Å². The fraction of sp³-hybridized carbons (Fsp3) is 0.579. The Morgan fingerprint density at radius 2 is 2.19 bits per heavy atom. The maximum atomic E-state index is 6.36. The normalized spacial score (nSPS) is 30.0. The number of likely N-dealkylation sites (tertiary alicyclic amines) is 1. The van der Waals surface area contributed by atoms with Gasteiger partial charge in [0, 0.05) is 11.3 Å². The van der Waals surface area contributed by atoms with E-state index in [2.05, 4.69) is 27.5 Å². The topological polar surface area (TPSA) is 82.0 Å². The standard InChI is InChI=1S/C19H23N5O2/c1-24-8-3-2-7-13(24)18-21-14-10-5-4-6-12-11(9-20-23-12)15(10)25-16(14)17-19(22-18)26-17/h9,13,17,19H,2-8H2,1H3,(H,20,23)(H,21,22)/t13-,17?,19?/m1/s1. The third-order valence-corrected chi connectivity index (χ3v) is 6.18. The first-order valence-corrected chi connectivity index (χ1v) is 9.68.